The first-order valence-corrected chi connectivity index (χ1v) is 19.6. The summed E-state index contributed by atoms with van der Waals surface area (Å²) in [6.45, 7) is 0. The SMILES string of the molecule is FC(F)(F)C1CC(C(F)(F)F)C(N2C3CCCCC3C3CCC4C5CCCCC5N(C5C(C(F)(F)F)CC(C(F)(F)F)CC5C(F)(F)F)C4C32)C(C(F)(F)F)C1. The van der Waals surface area contributed by atoms with Gasteiger partial charge in [0, 0.05) is 36.3 Å². The van der Waals surface area contributed by atoms with E-state index in [1.165, 1.54) is 0 Å². The summed E-state index contributed by atoms with van der Waals surface area (Å²) in [6, 6.07) is -10.4. The zero-order valence-corrected chi connectivity index (χ0v) is 29.8. The summed E-state index contributed by atoms with van der Waals surface area (Å²) in [4.78, 5) is 1.98. The molecule has 5 aliphatic carbocycles. The zero-order valence-electron chi connectivity index (χ0n) is 29.8. The van der Waals surface area contributed by atoms with E-state index in [0.29, 0.717) is 25.7 Å². The van der Waals surface area contributed by atoms with Crippen LogP contribution in [0.5, 0.6) is 0 Å². The van der Waals surface area contributed by atoms with E-state index in [4.69, 9.17) is 0 Å². The molecule has 7 rings (SSSR count). The maximum Gasteiger partial charge on any atom is 0.393 e. The molecule has 12 unspecified atom stereocenters. The van der Waals surface area contributed by atoms with Gasteiger partial charge in [-0.25, -0.2) is 0 Å². The lowest BCUT2D eigenvalue weighted by Gasteiger charge is -2.56. The topological polar surface area (TPSA) is 6.48 Å². The van der Waals surface area contributed by atoms with Crippen molar-refractivity contribution >= 4 is 0 Å². The first kappa shape index (κ1) is 42.8. The number of halogens is 18. The van der Waals surface area contributed by atoms with E-state index in [-0.39, 0.29) is 38.5 Å². The van der Waals surface area contributed by atoms with Crippen molar-refractivity contribution in [2.24, 2.45) is 59.2 Å². The molecular formula is C36H44F18N2. The largest absolute Gasteiger partial charge is 0.393 e. The van der Waals surface area contributed by atoms with Crippen molar-refractivity contribution in [3.8, 4) is 0 Å². The average molecular weight is 847 g/mol. The Labute approximate surface area is 311 Å². The Hall–Kier alpha value is -1.34. The van der Waals surface area contributed by atoms with E-state index >= 15 is 52.7 Å². The van der Waals surface area contributed by atoms with Gasteiger partial charge in [0.25, 0.3) is 0 Å². The molecule has 7 fully saturated rings. The second kappa shape index (κ2) is 14.1. The van der Waals surface area contributed by atoms with Crippen molar-refractivity contribution in [1.82, 2.24) is 9.80 Å². The molecule has 0 aromatic carbocycles. The molecule has 5 saturated carbocycles. The lowest BCUT2D eigenvalue weighted by molar-refractivity contribution is -0.292. The van der Waals surface area contributed by atoms with Gasteiger partial charge in [0.1, 0.15) is 0 Å². The summed E-state index contributed by atoms with van der Waals surface area (Å²) in [7, 11) is 0. The van der Waals surface area contributed by atoms with Crippen LogP contribution < -0.4 is 0 Å². The predicted octanol–water partition coefficient (Wildman–Crippen LogP) is 11.9. The van der Waals surface area contributed by atoms with Crippen LogP contribution in [-0.2, 0) is 0 Å². The van der Waals surface area contributed by atoms with Crippen molar-refractivity contribution in [2.45, 2.75) is 163 Å². The number of hydrogen-bond acceptors (Lipinski definition) is 2. The van der Waals surface area contributed by atoms with Crippen LogP contribution >= 0.6 is 0 Å². The highest BCUT2D eigenvalue weighted by Gasteiger charge is 2.72. The van der Waals surface area contributed by atoms with Crippen LogP contribution in [-0.4, -0.2) is 83.1 Å². The Kier molecular flexibility index (Phi) is 10.8. The molecule has 2 aliphatic heterocycles. The quantitative estimate of drug-likeness (QED) is 0.256. The number of alkyl halides is 18. The zero-order chi connectivity index (χ0) is 41.3. The van der Waals surface area contributed by atoms with E-state index in [0.717, 1.165) is 9.80 Å². The minimum atomic E-state index is -5.60. The highest BCUT2D eigenvalue weighted by atomic mass is 19.4. The summed E-state index contributed by atoms with van der Waals surface area (Å²) in [5.74, 6) is -21.5. The van der Waals surface area contributed by atoms with Crippen molar-refractivity contribution in [1.29, 1.82) is 0 Å². The number of fused-ring (bicyclic) bond motifs is 7. The van der Waals surface area contributed by atoms with Gasteiger partial charge in [0.2, 0.25) is 0 Å². The van der Waals surface area contributed by atoms with Gasteiger partial charge in [0.15, 0.2) is 0 Å². The molecule has 0 aromatic rings. The number of rotatable bonds is 2. The number of hydrogen-bond donors (Lipinski definition) is 0. The van der Waals surface area contributed by atoms with Crippen LogP contribution in [0.4, 0.5) is 79.0 Å². The second-order valence-electron chi connectivity index (χ2n) is 17.8. The molecule has 0 bridgehead atoms. The molecule has 0 spiro atoms. The molecule has 0 aromatic heterocycles. The van der Waals surface area contributed by atoms with Gasteiger partial charge in [-0.05, 0) is 87.9 Å². The Morgan fingerprint density at radius 3 is 0.804 bits per heavy atom. The third kappa shape index (κ3) is 7.42. The Morgan fingerprint density at radius 2 is 0.554 bits per heavy atom. The van der Waals surface area contributed by atoms with Gasteiger partial charge in [-0.1, -0.05) is 25.7 Å². The van der Waals surface area contributed by atoms with E-state index in [2.05, 4.69) is 0 Å². The van der Waals surface area contributed by atoms with Crippen molar-refractivity contribution in [2.75, 3.05) is 0 Å². The maximum atomic E-state index is 15.1. The fourth-order valence-corrected chi connectivity index (χ4v) is 13.5. The highest BCUT2D eigenvalue weighted by Crippen LogP contribution is 2.65. The average Bonchev–Trinajstić information content (AvgIpc) is 3.57. The third-order valence-corrected chi connectivity index (χ3v) is 15.3. The fraction of sp³-hybridized carbons (Fsp3) is 1.00. The van der Waals surface area contributed by atoms with E-state index in [1.54, 1.807) is 0 Å². The summed E-state index contributed by atoms with van der Waals surface area (Å²) in [5.41, 5.74) is 0. The van der Waals surface area contributed by atoms with Crippen molar-refractivity contribution in [3.05, 3.63) is 0 Å². The van der Waals surface area contributed by atoms with Gasteiger partial charge in [0.05, 0.1) is 35.5 Å². The molecule has 2 nitrogen and oxygen atoms in total. The standard InChI is InChI=1S/C36H44F18N2/c37-31(38,39)15-11-21(33(43,44)45)29(22(12-15)34(46,47)48)55-25-7-3-1-5-17(25)19-9-10-20-18-6-2-4-8-26(18)56(28(20)27(19)55)30-23(35(49,50)51)13-16(32(40,41)42)14-24(30)36(52,53)54/h15-30H,1-14H2. The van der Waals surface area contributed by atoms with Crippen LogP contribution in [0.25, 0.3) is 0 Å². The minimum Gasteiger partial charge on any atom is -0.291 e. The monoisotopic (exact) mass is 846 g/mol. The predicted molar refractivity (Wildman–Crippen MR) is 162 cm³/mol. The summed E-state index contributed by atoms with van der Waals surface area (Å²) >= 11 is 0. The molecule has 12 atom stereocenters. The molecule has 0 amide bonds. The molecule has 0 radical (unpaired) electrons. The number of likely N-dealkylation sites (tertiary alicyclic amines) is 2. The molecule has 20 heteroatoms. The van der Waals surface area contributed by atoms with Crippen LogP contribution in [0.15, 0.2) is 0 Å². The van der Waals surface area contributed by atoms with Gasteiger partial charge >= 0.3 is 37.1 Å². The van der Waals surface area contributed by atoms with Gasteiger partial charge < -0.3 is 0 Å². The molecular weight excluding hydrogens is 802 g/mol. The van der Waals surface area contributed by atoms with E-state index in [9.17, 15) is 26.3 Å². The normalized spacial score (nSPS) is 44.9. The molecule has 0 N–H and O–H groups in total. The lowest BCUT2D eigenvalue weighted by Crippen LogP contribution is -2.68. The molecule has 2 heterocycles. The van der Waals surface area contributed by atoms with Crippen molar-refractivity contribution in [3.63, 3.8) is 0 Å². The van der Waals surface area contributed by atoms with Crippen LogP contribution in [0.3, 0.4) is 0 Å². The van der Waals surface area contributed by atoms with Gasteiger partial charge in [-0.2, -0.15) is 79.0 Å². The third-order valence-electron chi connectivity index (χ3n) is 15.3. The Balaban J connectivity index is 1.43. The molecule has 7 aliphatic rings. The van der Waals surface area contributed by atoms with E-state index in [1.807, 2.05) is 0 Å². The van der Waals surface area contributed by atoms with E-state index < -0.39 is 158 Å². The van der Waals surface area contributed by atoms with Gasteiger partial charge in [-0.3, -0.25) is 9.80 Å². The van der Waals surface area contributed by atoms with Crippen LogP contribution in [0.2, 0.25) is 0 Å². The Bertz CT molecular complexity index is 1250. The summed E-state index contributed by atoms with van der Waals surface area (Å²) < 4.78 is 265. The highest BCUT2D eigenvalue weighted by molar-refractivity contribution is 5.20. The Morgan fingerprint density at radius 1 is 0.286 bits per heavy atom. The first-order chi connectivity index (χ1) is 25.6. The molecule has 2 saturated heterocycles. The van der Waals surface area contributed by atoms with Crippen LogP contribution in [0, 0.1) is 59.2 Å². The molecule has 324 valence electrons. The number of nitrogens with zero attached hydrogens (tertiary/aromatic N) is 2. The minimum absolute atomic E-state index is 0.0311. The first-order valence-electron chi connectivity index (χ1n) is 19.6. The van der Waals surface area contributed by atoms with Crippen molar-refractivity contribution < 1.29 is 79.0 Å². The maximum absolute atomic E-state index is 15.1. The molecule has 56 heavy (non-hydrogen) atoms. The lowest BCUT2D eigenvalue weighted by atomic mass is 9.65. The summed E-state index contributed by atoms with van der Waals surface area (Å²) in [6.07, 6.45) is -37.6. The van der Waals surface area contributed by atoms with Crippen LogP contribution in [0.1, 0.15) is 89.9 Å². The van der Waals surface area contributed by atoms with Gasteiger partial charge in [-0.15, -0.1) is 0 Å². The summed E-state index contributed by atoms with van der Waals surface area (Å²) in [5, 5.41) is 0. The smallest absolute Gasteiger partial charge is 0.291 e. The second-order valence-corrected chi connectivity index (χ2v) is 17.8. The fourth-order valence-electron chi connectivity index (χ4n) is 13.5.